The van der Waals surface area contributed by atoms with Crippen LogP contribution in [-0.4, -0.2) is 50.8 Å². The van der Waals surface area contributed by atoms with Gasteiger partial charge in [0.25, 0.3) is 5.91 Å². The largest absolute Gasteiger partial charge is 0.497 e. The highest BCUT2D eigenvalue weighted by Crippen LogP contribution is 2.25. The fraction of sp³-hybridized carbons (Fsp3) is 0.389. The minimum atomic E-state index is -0.230. The fourth-order valence-corrected chi connectivity index (χ4v) is 3.22. The maximum Gasteiger partial charge on any atom is 0.287 e. The zero-order valence-electron chi connectivity index (χ0n) is 14.0. The summed E-state index contributed by atoms with van der Waals surface area (Å²) in [6, 6.07) is 11.3. The van der Waals surface area contributed by atoms with Crippen molar-refractivity contribution in [3.63, 3.8) is 0 Å². The van der Waals surface area contributed by atoms with Crippen molar-refractivity contribution in [1.29, 1.82) is 0 Å². The standard InChI is InChI=1S/C18H21BrN2O4/c1-23-14-4-2-3-13(11-14)15(21-7-9-24-10-8-21)12-20-18(22)16-5-6-17(19)25-16/h2-6,11,15H,7-10,12H2,1H3,(H,20,22)/t15-/m1/s1. The summed E-state index contributed by atoms with van der Waals surface area (Å²) in [6.07, 6.45) is 0. The van der Waals surface area contributed by atoms with E-state index in [2.05, 4.69) is 32.2 Å². The van der Waals surface area contributed by atoms with Crippen LogP contribution in [0.5, 0.6) is 5.75 Å². The van der Waals surface area contributed by atoms with Crippen molar-refractivity contribution in [2.75, 3.05) is 40.0 Å². The van der Waals surface area contributed by atoms with Crippen molar-refractivity contribution in [3.8, 4) is 5.75 Å². The van der Waals surface area contributed by atoms with Gasteiger partial charge in [0.05, 0.1) is 26.4 Å². The van der Waals surface area contributed by atoms with Gasteiger partial charge in [-0.05, 0) is 45.8 Å². The SMILES string of the molecule is COc1cccc([C@@H](CNC(=O)c2ccc(Br)o2)N2CCOCC2)c1. The van der Waals surface area contributed by atoms with Crippen LogP contribution in [0.1, 0.15) is 22.2 Å². The number of rotatable bonds is 6. The molecule has 0 aliphatic carbocycles. The molecule has 0 radical (unpaired) electrons. The molecule has 1 atom stereocenters. The lowest BCUT2D eigenvalue weighted by molar-refractivity contribution is 0.0161. The molecule has 3 rings (SSSR count). The molecular formula is C18H21BrN2O4. The van der Waals surface area contributed by atoms with E-state index in [1.165, 1.54) is 0 Å². The molecular weight excluding hydrogens is 388 g/mol. The molecule has 6 nitrogen and oxygen atoms in total. The Hall–Kier alpha value is -1.83. The molecule has 7 heteroatoms. The van der Waals surface area contributed by atoms with Gasteiger partial charge in [0.15, 0.2) is 10.4 Å². The lowest BCUT2D eigenvalue weighted by atomic mass is 10.0. The van der Waals surface area contributed by atoms with Gasteiger partial charge in [-0.2, -0.15) is 0 Å². The highest BCUT2D eigenvalue weighted by atomic mass is 79.9. The highest BCUT2D eigenvalue weighted by Gasteiger charge is 2.24. The predicted octanol–water partition coefficient (Wildman–Crippen LogP) is 2.85. The van der Waals surface area contributed by atoms with Gasteiger partial charge in [-0.1, -0.05) is 12.1 Å². The van der Waals surface area contributed by atoms with Crippen LogP contribution in [0.15, 0.2) is 45.5 Å². The number of nitrogens with one attached hydrogen (secondary N) is 1. The van der Waals surface area contributed by atoms with Gasteiger partial charge >= 0.3 is 0 Å². The number of halogens is 1. The minimum Gasteiger partial charge on any atom is -0.497 e. The monoisotopic (exact) mass is 408 g/mol. The van der Waals surface area contributed by atoms with E-state index in [0.29, 0.717) is 30.2 Å². The molecule has 0 spiro atoms. The summed E-state index contributed by atoms with van der Waals surface area (Å²) >= 11 is 3.21. The lowest BCUT2D eigenvalue weighted by Gasteiger charge is -2.35. The summed E-state index contributed by atoms with van der Waals surface area (Å²) in [6.45, 7) is 3.51. The van der Waals surface area contributed by atoms with Gasteiger partial charge in [-0.3, -0.25) is 9.69 Å². The van der Waals surface area contributed by atoms with Crippen LogP contribution in [0.2, 0.25) is 0 Å². The third kappa shape index (κ3) is 4.62. The number of nitrogens with zero attached hydrogens (tertiary/aromatic N) is 1. The second-order valence-electron chi connectivity index (χ2n) is 5.75. The molecule has 1 saturated heterocycles. The van der Waals surface area contributed by atoms with E-state index in [1.54, 1.807) is 19.2 Å². The maximum absolute atomic E-state index is 12.3. The Morgan fingerprint density at radius 2 is 2.12 bits per heavy atom. The summed E-state index contributed by atoms with van der Waals surface area (Å²) in [5.74, 6) is 0.863. The van der Waals surface area contributed by atoms with E-state index in [0.717, 1.165) is 24.4 Å². The first kappa shape index (κ1) is 18.0. The average molecular weight is 409 g/mol. The van der Waals surface area contributed by atoms with Gasteiger partial charge in [0.1, 0.15) is 5.75 Å². The molecule has 0 saturated carbocycles. The number of amides is 1. The Morgan fingerprint density at radius 1 is 1.32 bits per heavy atom. The van der Waals surface area contributed by atoms with Crippen LogP contribution in [0, 0.1) is 0 Å². The number of hydrogen-bond acceptors (Lipinski definition) is 5. The van der Waals surface area contributed by atoms with Crippen molar-refractivity contribution in [1.82, 2.24) is 10.2 Å². The molecule has 25 heavy (non-hydrogen) atoms. The molecule has 2 heterocycles. The first-order chi connectivity index (χ1) is 12.2. The lowest BCUT2D eigenvalue weighted by Crippen LogP contribution is -2.43. The predicted molar refractivity (Wildman–Crippen MR) is 96.9 cm³/mol. The van der Waals surface area contributed by atoms with E-state index in [1.807, 2.05) is 18.2 Å². The summed E-state index contributed by atoms with van der Waals surface area (Å²) in [5.41, 5.74) is 1.10. The second-order valence-corrected chi connectivity index (χ2v) is 6.54. The number of ether oxygens (including phenoxy) is 2. The number of furan rings is 1. The summed E-state index contributed by atoms with van der Waals surface area (Å²) in [4.78, 5) is 14.6. The van der Waals surface area contributed by atoms with E-state index in [4.69, 9.17) is 13.9 Å². The molecule has 1 fully saturated rings. The molecule has 1 aromatic carbocycles. The van der Waals surface area contributed by atoms with Gasteiger partial charge in [0.2, 0.25) is 0 Å². The fourth-order valence-electron chi connectivity index (χ4n) is 2.91. The van der Waals surface area contributed by atoms with Crippen molar-refractivity contribution >= 4 is 21.8 Å². The quantitative estimate of drug-likeness (QED) is 0.795. The average Bonchev–Trinajstić information content (AvgIpc) is 3.09. The van der Waals surface area contributed by atoms with Crippen molar-refractivity contribution in [3.05, 3.63) is 52.4 Å². The second kappa shape index (κ2) is 8.51. The van der Waals surface area contributed by atoms with Gasteiger partial charge in [0, 0.05) is 19.6 Å². The van der Waals surface area contributed by atoms with Crippen LogP contribution in [0.4, 0.5) is 0 Å². The van der Waals surface area contributed by atoms with Crippen molar-refractivity contribution < 1.29 is 18.7 Å². The smallest absolute Gasteiger partial charge is 0.287 e. The van der Waals surface area contributed by atoms with Crippen LogP contribution in [-0.2, 0) is 4.74 Å². The molecule has 1 aromatic heterocycles. The number of benzene rings is 1. The molecule has 134 valence electrons. The van der Waals surface area contributed by atoms with Crippen molar-refractivity contribution in [2.45, 2.75) is 6.04 Å². The van der Waals surface area contributed by atoms with E-state index in [9.17, 15) is 4.79 Å². The van der Waals surface area contributed by atoms with Crippen LogP contribution in [0.25, 0.3) is 0 Å². The molecule has 0 bridgehead atoms. The van der Waals surface area contributed by atoms with E-state index in [-0.39, 0.29) is 11.9 Å². The Labute approximate surface area is 155 Å². The van der Waals surface area contributed by atoms with Gasteiger partial charge in [-0.25, -0.2) is 0 Å². The number of morpholine rings is 1. The molecule has 2 aromatic rings. The highest BCUT2D eigenvalue weighted by molar-refractivity contribution is 9.10. The molecule has 1 amide bonds. The first-order valence-corrected chi connectivity index (χ1v) is 8.96. The maximum atomic E-state index is 12.3. The van der Waals surface area contributed by atoms with Gasteiger partial charge in [-0.15, -0.1) is 0 Å². The minimum absolute atomic E-state index is 0.0429. The Morgan fingerprint density at radius 3 is 2.80 bits per heavy atom. The zero-order chi connectivity index (χ0) is 17.6. The number of methoxy groups -OCH3 is 1. The van der Waals surface area contributed by atoms with Crippen LogP contribution >= 0.6 is 15.9 Å². The molecule has 0 unspecified atom stereocenters. The summed E-state index contributed by atoms with van der Waals surface area (Å²) < 4.78 is 16.6. The Kier molecular flexibility index (Phi) is 6.12. The Bertz CT molecular complexity index is 713. The molecule has 1 aliphatic rings. The summed E-state index contributed by atoms with van der Waals surface area (Å²) in [7, 11) is 1.65. The molecule has 1 N–H and O–H groups in total. The normalized spacial score (nSPS) is 16.4. The zero-order valence-corrected chi connectivity index (χ0v) is 15.6. The summed E-state index contributed by atoms with van der Waals surface area (Å²) in [5, 5.41) is 2.97. The number of carbonyl (C=O) groups is 1. The van der Waals surface area contributed by atoms with E-state index >= 15 is 0 Å². The van der Waals surface area contributed by atoms with Crippen LogP contribution < -0.4 is 10.1 Å². The van der Waals surface area contributed by atoms with E-state index < -0.39 is 0 Å². The first-order valence-electron chi connectivity index (χ1n) is 8.16. The third-order valence-electron chi connectivity index (χ3n) is 4.22. The molecule has 1 aliphatic heterocycles. The van der Waals surface area contributed by atoms with Gasteiger partial charge < -0.3 is 19.2 Å². The number of carbonyl (C=O) groups excluding carboxylic acids is 1. The third-order valence-corrected chi connectivity index (χ3v) is 4.64. The van der Waals surface area contributed by atoms with Crippen LogP contribution in [0.3, 0.4) is 0 Å². The van der Waals surface area contributed by atoms with Crippen molar-refractivity contribution in [2.24, 2.45) is 0 Å². The Balaban J connectivity index is 1.74. The number of hydrogen-bond donors (Lipinski definition) is 1. The topological polar surface area (TPSA) is 63.9 Å².